The Labute approximate surface area is 157 Å². The topological polar surface area (TPSA) is 77.1 Å². The van der Waals surface area contributed by atoms with E-state index in [-0.39, 0.29) is 5.91 Å². The maximum atomic E-state index is 12.8. The number of hydrogen-bond donors (Lipinski definition) is 1. The number of aromatic nitrogens is 5. The molecule has 8 heteroatoms. The van der Waals surface area contributed by atoms with Gasteiger partial charge in [0.25, 0.3) is 5.91 Å². The predicted molar refractivity (Wildman–Crippen MR) is 102 cm³/mol. The molecule has 0 radical (unpaired) electrons. The third kappa shape index (κ3) is 2.99. The van der Waals surface area contributed by atoms with E-state index < -0.39 is 0 Å². The molecule has 0 saturated heterocycles. The maximum absolute atomic E-state index is 12.8. The van der Waals surface area contributed by atoms with Crippen LogP contribution >= 0.6 is 15.9 Å². The van der Waals surface area contributed by atoms with Crippen molar-refractivity contribution < 1.29 is 4.79 Å². The van der Waals surface area contributed by atoms with Gasteiger partial charge in [-0.25, -0.2) is 4.52 Å². The number of carbonyl (C=O) groups is 1. The number of nitrogens with one attached hydrogen (secondary N) is 1. The molecule has 0 saturated carbocycles. The summed E-state index contributed by atoms with van der Waals surface area (Å²) in [7, 11) is 0. The number of aryl methyl sites for hydroxylation is 2. The van der Waals surface area contributed by atoms with E-state index in [2.05, 4.69) is 36.5 Å². The molecule has 0 bridgehead atoms. The SMILES string of the molecule is Cc1cnn(-c2ccc(C)c(NC(=O)c3cnn4ccc(Br)cc34)c2)n1. The van der Waals surface area contributed by atoms with Gasteiger partial charge in [-0.15, -0.1) is 0 Å². The molecule has 26 heavy (non-hydrogen) atoms. The van der Waals surface area contributed by atoms with Crippen LogP contribution in [0.15, 0.2) is 53.4 Å². The number of nitrogens with zero attached hydrogens (tertiary/aromatic N) is 5. The van der Waals surface area contributed by atoms with Crippen molar-refractivity contribution >= 4 is 33.0 Å². The Morgan fingerprint density at radius 3 is 2.73 bits per heavy atom. The van der Waals surface area contributed by atoms with Crippen molar-refractivity contribution in [3.8, 4) is 5.69 Å². The summed E-state index contributed by atoms with van der Waals surface area (Å²) in [6, 6.07) is 9.43. The van der Waals surface area contributed by atoms with E-state index in [1.165, 1.54) is 4.80 Å². The van der Waals surface area contributed by atoms with Crippen LogP contribution in [-0.2, 0) is 0 Å². The van der Waals surface area contributed by atoms with Gasteiger partial charge in [0, 0.05) is 16.4 Å². The zero-order valence-electron chi connectivity index (χ0n) is 14.1. The number of amides is 1. The smallest absolute Gasteiger partial charge is 0.259 e. The normalized spacial score (nSPS) is 11.0. The lowest BCUT2D eigenvalue weighted by molar-refractivity contribution is 0.102. The summed E-state index contributed by atoms with van der Waals surface area (Å²) < 4.78 is 2.55. The number of halogens is 1. The van der Waals surface area contributed by atoms with E-state index >= 15 is 0 Å². The molecular weight excluding hydrogens is 396 g/mol. The summed E-state index contributed by atoms with van der Waals surface area (Å²) in [6.07, 6.45) is 5.05. The second-order valence-electron chi connectivity index (χ2n) is 5.96. The molecule has 4 aromatic rings. The highest BCUT2D eigenvalue weighted by atomic mass is 79.9. The number of pyridine rings is 1. The minimum atomic E-state index is -0.219. The molecule has 3 aromatic heterocycles. The highest BCUT2D eigenvalue weighted by Crippen LogP contribution is 2.22. The number of hydrogen-bond acceptors (Lipinski definition) is 4. The molecule has 0 aliphatic rings. The van der Waals surface area contributed by atoms with E-state index in [4.69, 9.17) is 0 Å². The number of anilines is 1. The Morgan fingerprint density at radius 2 is 1.96 bits per heavy atom. The number of rotatable bonds is 3. The molecular formula is C18H15BrN6O. The fourth-order valence-corrected chi connectivity index (χ4v) is 2.99. The van der Waals surface area contributed by atoms with Crippen molar-refractivity contribution in [3.05, 3.63) is 70.2 Å². The maximum Gasteiger partial charge on any atom is 0.259 e. The molecule has 0 unspecified atom stereocenters. The standard InChI is InChI=1S/C18H15BrN6O/c1-11-3-4-14(25-21-9-12(2)23-25)8-16(11)22-18(26)15-10-20-24-6-5-13(19)7-17(15)24/h3-10H,1-2H3,(H,22,26). The van der Waals surface area contributed by atoms with Gasteiger partial charge in [-0.05, 0) is 43.7 Å². The van der Waals surface area contributed by atoms with Crippen molar-refractivity contribution in [2.75, 3.05) is 5.32 Å². The van der Waals surface area contributed by atoms with Gasteiger partial charge in [-0.2, -0.15) is 20.1 Å². The third-order valence-electron chi connectivity index (χ3n) is 4.03. The fourth-order valence-electron chi connectivity index (χ4n) is 2.65. The van der Waals surface area contributed by atoms with Crippen LogP contribution in [-0.4, -0.2) is 30.5 Å². The van der Waals surface area contributed by atoms with Gasteiger partial charge in [0.05, 0.1) is 34.9 Å². The predicted octanol–water partition coefficient (Wildman–Crippen LogP) is 3.55. The number of benzene rings is 1. The molecule has 1 N–H and O–H groups in total. The Balaban J connectivity index is 1.67. The van der Waals surface area contributed by atoms with Crippen LogP contribution in [0.2, 0.25) is 0 Å². The summed E-state index contributed by atoms with van der Waals surface area (Å²) in [5.41, 5.74) is 4.49. The van der Waals surface area contributed by atoms with Crippen molar-refractivity contribution in [2.24, 2.45) is 0 Å². The summed E-state index contributed by atoms with van der Waals surface area (Å²) in [6.45, 7) is 3.82. The highest BCUT2D eigenvalue weighted by Gasteiger charge is 2.15. The molecule has 1 amide bonds. The lowest BCUT2D eigenvalue weighted by Crippen LogP contribution is -2.13. The van der Waals surface area contributed by atoms with Gasteiger partial charge in [-0.1, -0.05) is 22.0 Å². The molecule has 3 heterocycles. The fraction of sp³-hybridized carbons (Fsp3) is 0.111. The first-order valence-corrected chi connectivity index (χ1v) is 8.75. The average molecular weight is 411 g/mol. The first kappa shape index (κ1) is 16.5. The van der Waals surface area contributed by atoms with Crippen LogP contribution in [0, 0.1) is 13.8 Å². The second kappa shape index (κ2) is 6.38. The molecule has 0 fully saturated rings. The van der Waals surface area contributed by atoms with E-state index in [1.54, 1.807) is 23.1 Å². The van der Waals surface area contributed by atoms with Gasteiger partial charge in [0.1, 0.15) is 0 Å². The van der Waals surface area contributed by atoms with Crippen LogP contribution < -0.4 is 5.32 Å². The van der Waals surface area contributed by atoms with Crippen molar-refractivity contribution in [3.63, 3.8) is 0 Å². The van der Waals surface area contributed by atoms with Crippen LogP contribution in [0.5, 0.6) is 0 Å². The van der Waals surface area contributed by atoms with E-state index in [0.29, 0.717) is 11.3 Å². The van der Waals surface area contributed by atoms with Crippen molar-refractivity contribution in [1.82, 2.24) is 24.6 Å². The van der Waals surface area contributed by atoms with Gasteiger partial charge >= 0.3 is 0 Å². The monoisotopic (exact) mass is 410 g/mol. The van der Waals surface area contributed by atoms with Gasteiger partial charge < -0.3 is 5.32 Å². The second-order valence-corrected chi connectivity index (χ2v) is 6.88. The molecule has 0 spiro atoms. The first-order valence-electron chi connectivity index (χ1n) is 7.95. The summed E-state index contributed by atoms with van der Waals surface area (Å²) >= 11 is 3.43. The van der Waals surface area contributed by atoms with Crippen molar-refractivity contribution in [2.45, 2.75) is 13.8 Å². The number of fused-ring (bicyclic) bond motifs is 1. The molecule has 1 aromatic carbocycles. The lowest BCUT2D eigenvalue weighted by atomic mass is 10.1. The first-order chi connectivity index (χ1) is 12.5. The van der Waals surface area contributed by atoms with Crippen molar-refractivity contribution in [1.29, 1.82) is 0 Å². The van der Waals surface area contributed by atoms with Crippen LogP contribution in [0.25, 0.3) is 11.2 Å². The van der Waals surface area contributed by atoms with Crippen LogP contribution in [0.1, 0.15) is 21.6 Å². The Bertz CT molecular complexity index is 1130. The Morgan fingerprint density at radius 1 is 1.12 bits per heavy atom. The molecule has 0 atom stereocenters. The minimum absolute atomic E-state index is 0.219. The van der Waals surface area contributed by atoms with Gasteiger partial charge in [0.15, 0.2) is 0 Å². The zero-order chi connectivity index (χ0) is 18.3. The highest BCUT2D eigenvalue weighted by molar-refractivity contribution is 9.10. The van der Waals surface area contributed by atoms with E-state index in [1.807, 2.05) is 44.2 Å². The van der Waals surface area contributed by atoms with Crippen LogP contribution in [0.4, 0.5) is 5.69 Å². The van der Waals surface area contributed by atoms with E-state index in [0.717, 1.165) is 26.9 Å². The molecule has 0 aliphatic carbocycles. The molecule has 4 rings (SSSR count). The Kier molecular flexibility index (Phi) is 4.04. The molecule has 130 valence electrons. The summed E-state index contributed by atoms with van der Waals surface area (Å²) in [5, 5.41) is 15.7. The Hall–Kier alpha value is -3.00. The quantitative estimate of drug-likeness (QED) is 0.560. The zero-order valence-corrected chi connectivity index (χ0v) is 15.7. The lowest BCUT2D eigenvalue weighted by Gasteiger charge is -2.10. The largest absolute Gasteiger partial charge is 0.322 e. The summed E-state index contributed by atoms with van der Waals surface area (Å²) in [5.74, 6) is -0.219. The van der Waals surface area contributed by atoms with Crippen LogP contribution in [0.3, 0.4) is 0 Å². The molecule has 0 aliphatic heterocycles. The average Bonchev–Trinajstić information content (AvgIpc) is 3.22. The molecule has 7 nitrogen and oxygen atoms in total. The summed E-state index contributed by atoms with van der Waals surface area (Å²) in [4.78, 5) is 14.3. The minimum Gasteiger partial charge on any atom is -0.322 e. The number of carbonyl (C=O) groups excluding carboxylic acids is 1. The van der Waals surface area contributed by atoms with E-state index in [9.17, 15) is 4.79 Å². The third-order valence-corrected chi connectivity index (χ3v) is 4.53. The van der Waals surface area contributed by atoms with Gasteiger partial charge in [-0.3, -0.25) is 4.79 Å². The van der Waals surface area contributed by atoms with Gasteiger partial charge in [0.2, 0.25) is 0 Å².